The first-order chi connectivity index (χ1) is 9.20. The molecule has 0 aliphatic carbocycles. The standard InChI is InChI=1S/C15H18BrN3/c1-18-15(11-5-7-12(16)8-6-11)10-13(17)14-4-2-3-9-19-14/h2-8,10,13,18-19H,9,17H2,1H3/b15-10-. The van der Waals surface area contributed by atoms with Crippen LogP contribution in [0.1, 0.15) is 5.56 Å². The van der Waals surface area contributed by atoms with Gasteiger partial charge in [-0.05, 0) is 29.8 Å². The molecule has 1 unspecified atom stereocenters. The average molecular weight is 320 g/mol. The van der Waals surface area contributed by atoms with E-state index in [1.54, 1.807) is 0 Å². The van der Waals surface area contributed by atoms with Gasteiger partial charge in [0.15, 0.2) is 0 Å². The Labute approximate surface area is 122 Å². The number of hydrogen-bond acceptors (Lipinski definition) is 3. The van der Waals surface area contributed by atoms with Gasteiger partial charge in [-0.2, -0.15) is 0 Å². The molecule has 0 saturated carbocycles. The highest BCUT2D eigenvalue weighted by Gasteiger charge is 2.09. The van der Waals surface area contributed by atoms with Crippen LogP contribution >= 0.6 is 15.9 Å². The molecule has 0 fully saturated rings. The smallest absolute Gasteiger partial charge is 0.0653 e. The Morgan fingerprint density at radius 3 is 2.74 bits per heavy atom. The minimum Gasteiger partial charge on any atom is -0.388 e. The molecule has 0 radical (unpaired) electrons. The van der Waals surface area contributed by atoms with Crippen molar-refractivity contribution in [3.63, 3.8) is 0 Å². The number of rotatable bonds is 4. The first-order valence-electron chi connectivity index (χ1n) is 6.22. The second-order valence-corrected chi connectivity index (χ2v) is 5.21. The number of benzene rings is 1. The number of nitrogens with two attached hydrogens (primary N) is 1. The zero-order valence-corrected chi connectivity index (χ0v) is 12.4. The molecular weight excluding hydrogens is 302 g/mol. The minimum absolute atomic E-state index is 0.143. The topological polar surface area (TPSA) is 50.1 Å². The molecule has 0 bridgehead atoms. The Morgan fingerprint density at radius 2 is 2.16 bits per heavy atom. The van der Waals surface area contributed by atoms with E-state index in [1.165, 1.54) is 0 Å². The molecule has 0 spiro atoms. The van der Waals surface area contributed by atoms with E-state index in [9.17, 15) is 0 Å². The van der Waals surface area contributed by atoms with Gasteiger partial charge in [-0.1, -0.05) is 40.2 Å². The summed E-state index contributed by atoms with van der Waals surface area (Å²) in [6, 6.07) is 8.01. The third kappa shape index (κ3) is 3.72. The second-order valence-electron chi connectivity index (χ2n) is 4.29. The number of dihydropyridines is 1. The van der Waals surface area contributed by atoms with Crippen LogP contribution in [0.2, 0.25) is 0 Å². The van der Waals surface area contributed by atoms with E-state index in [1.807, 2.05) is 37.4 Å². The Bertz CT molecular complexity index is 515. The van der Waals surface area contributed by atoms with Crippen molar-refractivity contribution >= 4 is 21.6 Å². The number of hydrogen-bond donors (Lipinski definition) is 3. The number of halogens is 1. The highest BCUT2D eigenvalue weighted by molar-refractivity contribution is 9.10. The van der Waals surface area contributed by atoms with E-state index in [-0.39, 0.29) is 6.04 Å². The van der Waals surface area contributed by atoms with Crippen LogP contribution in [0.3, 0.4) is 0 Å². The molecule has 0 aromatic heterocycles. The third-order valence-corrected chi connectivity index (χ3v) is 3.49. The molecule has 4 heteroatoms. The SMILES string of the molecule is CN/C(=C\C(N)C1=CC=CCN1)c1ccc(Br)cc1. The summed E-state index contributed by atoms with van der Waals surface area (Å²) in [5, 5.41) is 6.48. The lowest BCUT2D eigenvalue weighted by Crippen LogP contribution is -2.32. The molecule has 0 saturated heterocycles. The van der Waals surface area contributed by atoms with Gasteiger partial charge in [-0.25, -0.2) is 0 Å². The van der Waals surface area contributed by atoms with E-state index < -0.39 is 0 Å². The fourth-order valence-electron chi connectivity index (χ4n) is 1.93. The first kappa shape index (κ1) is 13.9. The zero-order valence-electron chi connectivity index (χ0n) is 10.9. The highest BCUT2D eigenvalue weighted by atomic mass is 79.9. The molecule has 3 nitrogen and oxygen atoms in total. The zero-order chi connectivity index (χ0) is 13.7. The maximum Gasteiger partial charge on any atom is 0.0653 e. The summed E-state index contributed by atoms with van der Waals surface area (Å²) in [4.78, 5) is 0. The van der Waals surface area contributed by atoms with E-state index in [0.29, 0.717) is 0 Å². The van der Waals surface area contributed by atoms with E-state index >= 15 is 0 Å². The van der Waals surface area contributed by atoms with Gasteiger partial charge in [-0.15, -0.1) is 0 Å². The molecule has 19 heavy (non-hydrogen) atoms. The normalized spacial score (nSPS) is 16.6. The fraction of sp³-hybridized carbons (Fsp3) is 0.200. The van der Waals surface area contributed by atoms with Crippen LogP contribution in [0.4, 0.5) is 0 Å². The van der Waals surface area contributed by atoms with E-state index in [2.05, 4.69) is 44.8 Å². The summed E-state index contributed by atoms with van der Waals surface area (Å²) < 4.78 is 1.07. The van der Waals surface area contributed by atoms with Crippen molar-refractivity contribution in [3.8, 4) is 0 Å². The highest BCUT2D eigenvalue weighted by Crippen LogP contribution is 2.17. The van der Waals surface area contributed by atoms with Gasteiger partial charge in [-0.3, -0.25) is 0 Å². The van der Waals surface area contributed by atoms with Gasteiger partial charge in [0.25, 0.3) is 0 Å². The van der Waals surface area contributed by atoms with Gasteiger partial charge < -0.3 is 16.4 Å². The quantitative estimate of drug-likeness (QED) is 0.798. The molecule has 1 aromatic carbocycles. The third-order valence-electron chi connectivity index (χ3n) is 2.97. The van der Waals surface area contributed by atoms with E-state index in [4.69, 9.17) is 5.73 Å². The van der Waals surface area contributed by atoms with Crippen molar-refractivity contribution in [2.45, 2.75) is 6.04 Å². The molecule has 2 rings (SSSR count). The van der Waals surface area contributed by atoms with Gasteiger partial charge in [0.05, 0.1) is 6.04 Å². The summed E-state index contributed by atoms with van der Waals surface area (Å²) in [6.07, 6.45) is 8.13. The van der Waals surface area contributed by atoms with Crippen molar-refractivity contribution in [1.82, 2.24) is 10.6 Å². The lowest BCUT2D eigenvalue weighted by molar-refractivity contribution is 0.781. The molecule has 1 aromatic rings. The maximum absolute atomic E-state index is 6.20. The van der Waals surface area contributed by atoms with E-state index in [0.717, 1.165) is 28.0 Å². The predicted octanol–water partition coefficient (Wildman–Crippen LogP) is 2.38. The summed E-state index contributed by atoms with van der Waals surface area (Å²) in [5.41, 5.74) is 9.38. The van der Waals surface area contributed by atoms with Gasteiger partial charge in [0.1, 0.15) is 0 Å². The lowest BCUT2D eigenvalue weighted by Gasteiger charge is -2.18. The van der Waals surface area contributed by atoms with Crippen LogP contribution in [0, 0.1) is 0 Å². The van der Waals surface area contributed by atoms with Crippen molar-refractivity contribution in [1.29, 1.82) is 0 Å². The molecule has 1 atom stereocenters. The molecule has 1 aliphatic heterocycles. The summed E-state index contributed by atoms with van der Waals surface area (Å²) in [6.45, 7) is 0.834. The van der Waals surface area contributed by atoms with Crippen LogP contribution in [0.5, 0.6) is 0 Å². The van der Waals surface area contributed by atoms with Crippen LogP contribution < -0.4 is 16.4 Å². The van der Waals surface area contributed by atoms with Crippen molar-refractivity contribution in [3.05, 3.63) is 64.3 Å². The van der Waals surface area contributed by atoms with Crippen LogP contribution in [-0.4, -0.2) is 19.6 Å². The van der Waals surface area contributed by atoms with Crippen molar-refractivity contribution in [2.24, 2.45) is 5.73 Å². The molecule has 4 N–H and O–H groups in total. The first-order valence-corrected chi connectivity index (χ1v) is 7.01. The average Bonchev–Trinajstić information content (AvgIpc) is 2.46. The largest absolute Gasteiger partial charge is 0.388 e. The predicted molar refractivity (Wildman–Crippen MR) is 84.4 cm³/mol. The second kappa shape index (κ2) is 6.59. The van der Waals surface area contributed by atoms with Crippen LogP contribution in [0.25, 0.3) is 5.70 Å². The maximum atomic E-state index is 6.20. The Kier molecular flexibility index (Phi) is 4.82. The molecule has 0 amide bonds. The number of allylic oxidation sites excluding steroid dienone is 2. The Balaban J connectivity index is 2.20. The number of nitrogens with one attached hydrogen (secondary N) is 2. The van der Waals surface area contributed by atoms with Gasteiger partial charge >= 0.3 is 0 Å². The monoisotopic (exact) mass is 319 g/mol. The molecule has 1 aliphatic rings. The fourth-order valence-corrected chi connectivity index (χ4v) is 2.19. The van der Waals surface area contributed by atoms with Crippen LogP contribution in [-0.2, 0) is 0 Å². The summed E-state index contributed by atoms with van der Waals surface area (Å²) >= 11 is 3.44. The molecule has 1 heterocycles. The lowest BCUT2D eigenvalue weighted by atomic mass is 10.1. The Morgan fingerprint density at radius 1 is 1.42 bits per heavy atom. The summed E-state index contributed by atoms with van der Waals surface area (Å²) in [5.74, 6) is 0. The van der Waals surface area contributed by atoms with Crippen molar-refractivity contribution in [2.75, 3.05) is 13.6 Å². The molecular formula is C15H18BrN3. The summed E-state index contributed by atoms with van der Waals surface area (Å²) in [7, 11) is 1.91. The van der Waals surface area contributed by atoms with Gasteiger partial charge in [0.2, 0.25) is 0 Å². The van der Waals surface area contributed by atoms with Gasteiger partial charge in [0, 0.05) is 29.5 Å². The minimum atomic E-state index is -0.143. The van der Waals surface area contributed by atoms with Crippen molar-refractivity contribution < 1.29 is 0 Å². The van der Waals surface area contributed by atoms with Crippen LogP contribution in [0.15, 0.2) is 58.7 Å². The molecule has 100 valence electrons. The Hall–Kier alpha value is -1.52.